The Morgan fingerprint density at radius 2 is 1.87 bits per heavy atom. The molecule has 13 heteroatoms. The Bertz CT molecular complexity index is 1950. The van der Waals surface area contributed by atoms with Gasteiger partial charge >= 0.3 is 0 Å². The molecule has 3 aromatic rings. The van der Waals surface area contributed by atoms with Crippen LogP contribution in [-0.4, -0.2) is 91.7 Å². The van der Waals surface area contributed by atoms with E-state index in [0.717, 1.165) is 59.5 Å². The van der Waals surface area contributed by atoms with Crippen LogP contribution in [-0.2, 0) is 22.6 Å². The average molecular weight is 720 g/mol. The van der Waals surface area contributed by atoms with Gasteiger partial charge in [0.25, 0.3) is 0 Å². The molecule has 52 heavy (non-hydrogen) atoms. The number of hydrogen-bond donors (Lipinski definition) is 7. The van der Waals surface area contributed by atoms with E-state index in [1.807, 2.05) is 13.0 Å². The lowest BCUT2D eigenvalue weighted by Gasteiger charge is -2.47. The van der Waals surface area contributed by atoms with Gasteiger partial charge in [-0.1, -0.05) is 31.4 Å². The van der Waals surface area contributed by atoms with Gasteiger partial charge in [-0.3, -0.25) is 14.7 Å². The summed E-state index contributed by atoms with van der Waals surface area (Å²) in [5.74, 6) is 1.17. The van der Waals surface area contributed by atoms with Crippen LogP contribution in [0.5, 0.6) is 11.5 Å². The molecular formula is C39H47N2O11+. The van der Waals surface area contributed by atoms with E-state index in [1.165, 1.54) is 18.2 Å². The third kappa shape index (κ3) is 6.83. The first kappa shape index (κ1) is 36.4. The number of aromatic hydroxyl groups is 1. The van der Waals surface area contributed by atoms with Crippen molar-refractivity contribution in [2.24, 2.45) is 10.9 Å². The molecule has 1 aliphatic carbocycles. The number of nitrogens with one attached hydrogen (secondary N) is 1. The monoisotopic (exact) mass is 719 g/mol. The number of aliphatic hydroxyl groups excluding tert-OH is 4. The third-order valence-corrected chi connectivity index (χ3v) is 11.2. The molecule has 4 heterocycles. The predicted molar refractivity (Wildman–Crippen MR) is 189 cm³/mol. The van der Waals surface area contributed by atoms with Gasteiger partial charge < -0.3 is 39.8 Å². The molecule has 0 radical (unpaired) electrons. The fourth-order valence-corrected chi connectivity index (χ4v) is 8.14. The van der Waals surface area contributed by atoms with Crippen LogP contribution in [0.15, 0.2) is 74.7 Å². The summed E-state index contributed by atoms with van der Waals surface area (Å²) >= 11 is 0. The lowest BCUT2D eigenvalue weighted by Crippen LogP contribution is -3.01. The maximum absolute atomic E-state index is 13.4. The summed E-state index contributed by atoms with van der Waals surface area (Å²) in [6, 6.07) is 9.18. The predicted octanol–water partition coefficient (Wildman–Crippen LogP) is 1.83. The number of benzene rings is 2. The van der Waals surface area contributed by atoms with Gasteiger partial charge in [0.15, 0.2) is 11.2 Å². The van der Waals surface area contributed by atoms with E-state index < -0.39 is 48.8 Å². The van der Waals surface area contributed by atoms with Crippen molar-refractivity contribution in [1.82, 2.24) is 0 Å². The topological polar surface area (TPSA) is 196 Å². The van der Waals surface area contributed by atoms with Crippen LogP contribution in [0.25, 0.3) is 11.0 Å². The first-order chi connectivity index (χ1) is 24.9. The number of fused-ring (bicyclic) bond motifs is 3. The summed E-state index contributed by atoms with van der Waals surface area (Å²) in [7, 11) is 0. The number of aliphatic hydroxyl groups is 5. The fraction of sp³-hybridized carbons (Fsp3) is 0.487. The number of nitrogens with zero attached hydrogens (tertiary/aromatic N) is 1. The molecule has 1 fully saturated rings. The average Bonchev–Trinajstić information content (AvgIpc) is 3.75. The number of allylic oxidation sites excluding steroid dienone is 1. The highest BCUT2D eigenvalue weighted by atomic mass is 17.2. The SMILES string of the molecule is Cc1cc(=O)c2cc3c(c([NH+]4C=C5C=CN=C5C4)c2o1)OC(C)(C1CCCCC1)C(OOCC(O)(Cc1ccc(O)cc1)C(O)C(O)C(O)CO)C3. The second-order valence-electron chi connectivity index (χ2n) is 14.8. The van der Waals surface area contributed by atoms with Gasteiger partial charge in [0.05, 0.1) is 17.6 Å². The Hall–Kier alpha value is -3.92. The van der Waals surface area contributed by atoms with E-state index in [-0.39, 0.29) is 29.9 Å². The minimum atomic E-state index is -2.21. The van der Waals surface area contributed by atoms with Gasteiger partial charge in [0.1, 0.15) is 72.2 Å². The van der Waals surface area contributed by atoms with Gasteiger partial charge in [0, 0.05) is 36.6 Å². The van der Waals surface area contributed by atoms with Crippen LogP contribution in [0.2, 0.25) is 0 Å². The molecule has 2 aromatic carbocycles. The summed E-state index contributed by atoms with van der Waals surface area (Å²) in [5, 5.41) is 63.3. The molecule has 0 amide bonds. The zero-order valence-electron chi connectivity index (χ0n) is 29.3. The Morgan fingerprint density at radius 3 is 2.58 bits per heavy atom. The van der Waals surface area contributed by atoms with Crippen molar-refractivity contribution in [1.29, 1.82) is 0 Å². The Labute approximate surface area is 300 Å². The molecule has 7 N–H and O–H groups in total. The lowest BCUT2D eigenvalue weighted by molar-refractivity contribution is -0.759. The number of phenolic OH excluding ortho intramolecular Hbond substituents is 1. The first-order valence-corrected chi connectivity index (χ1v) is 17.9. The van der Waals surface area contributed by atoms with Gasteiger partial charge in [-0.25, -0.2) is 9.78 Å². The number of hydrogen-bond acceptors (Lipinski definition) is 12. The lowest BCUT2D eigenvalue weighted by atomic mass is 9.72. The fourth-order valence-electron chi connectivity index (χ4n) is 8.14. The Kier molecular flexibility index (Phi) is 10.1. The number of rotatable bonds is 12. The van der Waals surface area contributed by atoms with E-state index in [9.17, 15) is 35.4 Å². The summed E-state index contributed by atoms with van der Waals surface area (Å²) in [6.45, 7) is 2.82. The zero-order chi connectivity index (χ0) is 36.8. The summed E-state index contributed by atoms with van der Waals surface area (Å²) in [5.41, 5.74) is 1.02. The molecule has 13 nitrogen and oxygen atoms in total. The van der Waals surface area contributed by atoms with Crippen molar-refractivity contribution < 1.29 is 54.5 Å². The van der Waals surface area contributed by atoms with Crippen molar-refractivity contribution in [2.45, 2.75) is 94.4 Å². The highest BCUT2D eigenvalue weighted by Crippen LogP contribution is 2.48. The Morgan fingerprint density at radius 1 is 1.12 bits per heavy atom. The second-order valence-corrected chi connectivity index (χ2v) is 14.8. The van der Waals surface area contributed by atoms with Crippen molar-refractivity contribution in [2.75, 3.05) is 19.8 Å². The van der Waals surface area contributed by atoms with E-state index in [0.29, 0.717) is 34.6 Å². The van der Waals surface area contributed by atoms with Crippen molar-refractivity contribution >= 4 is 22.4 Å². The molecule has 1 aromatic heterocycles. The van der Waals surface area contributed by atoms with E-state index >= 15 is 0 Å². The molecule has 278 valence electrons. The normalized spacial score (nSPS) is 25.8. The number of phenols is 1. The van der Waals surface area contributed by atoms with Gasteiger partial charge in [-0.15, -0.1) is 0 Å². The summed E-state index contributed by atoms with van der Waals surface area (Å²) in [6.07, 6.45) is 4.40. The van der Waals surface area contributed by atoms with Crippen LogP contribution in [0, 0.1) is 12.8 Å². The molecule has 0 saturated heterocycles. The molecule has 7 unspecified atom stereocenters. The Balaban J connectivity index is 1.24. The quantitative estimate of drug-likeness (QED) is 0.107. The molecule has 0 bridgehead atoms. The number of quaternary nitrogens is 1. The molecule has 3 aliphatic heterocycles. The summed E-state index contributed by atoms with van der Waals surface area (Å²) < 4.78 is 13.4. The molecule has 7 rings (SSSR count). The molecule has 0 spiro atoms. The van der Waals surface area contributed by atoms with Crippen LogP contribution in [0.4, 0.5) is 5.69 Å². The van der Waals surface area contributed by atoms with Crippen LogP contribution in [0.3, 0.4) is 0 Å². The summed E-state index contributed by atoms with van der Waals surface area (Å²) in [4.78, 5) is 30.9. The molecule has 7 atom stereocenters. The maximum Gasteiger partial charge on any atom is 0.222 e. The van der Waals surface area contributed by atoms with Crippen LogP contribution in [0.1, 0.15) is 55.9 Å². The molecule has 4 aliphatic rings. The van der Waals surface area contributed by atoms with Crippen LogP contribution < -0.4 is 15.1 Å². The zero-order valence-corrected chi connectivity index (χ0v) is 29.3. The highest BCUT2D eigenvalue weighted by molar-refractivity contribution is 6.07. The van der Waals surface area contributed by atoms with E-state index in [4.69, 9.17) is 18.9 Å². The van der Waals surface area contributed by atoms with Crippen molar-refractivity contribution in [3.63, 3.8) is 0 Å². The van der Waals surface area contributed by atoms with Gasteiger partial charge in [0.2, 0.25) is 11.3 Å². The molecular weight excluding hydrogens is 672 g/mol. The van der Waals surface area contributed by atoms with E-state index in [1.54, 1.807) is 31.3 Å². The van der Waals surface area contributed by atoms with Gasteiger partial charge in [-0.2, -0.15) is 0 Å². The molecule has 1 saturated carbocycles. The number of aryl methyl sites for hydroxylation is 1. The highest BCUT2D eigenvalue weighted by Gasteiger charge is 2.52. The van der Waals surface area contributed by atoms with Crippen molar-refractivity contribution in [3.05, 3.63) is 87.6 Å². The second kappa shape index (κ2) is 14.5. The first-order valence-electron chi connectivity index (χ1n) is 17.9. The standard InChI is InChI=1S/C39H46N2O11/c1-22-14-30(44)28-15-25-16-32(52-49-21-39(48,37(47)34(46)31(45)20-42)17-23-8-10-27(43)11-9-23)38(2,26-6-4-3-5-7-26)51-35(25)33(36(28)50-22)41-18-24-12-13-40-29(24)19-41/h8-15,18,26,31-32,34,37,42-43,45-48H,3-7,16-17,19-21H2,1-2H3/p+1. The number of ether oxygens (including phenoxy) is 1. The maximum atomic E-state index is 13.4. The minimum Gasteiger partial charge on any atom is -0.508 e. The van der Waals surface area contributed by atoms with Gasteiger partial charge in [-0.05, 0) is 56.5 Å². The minimum absolute atomic E-state index is 0.00278. The van der Waals surface area contributed by atoms with E-state index in [2.05, 4.69) is 11.2 Å². The third-order valence-electron chi connectivity index (χ3n) is 11.2. The largest absolute Gasteiger partial charge is 0.508 e. The smallest absolute Gasteiger partial charge is 0.222 e. The van der Waals surface area contributed by atoms with Crippen molar-refractivity contribution in [3.8, 4) is 11.5 Å². The number of aliphatic imine (C=N–C) groups is 1. The van der Waals surface area contributed by atoms with Crippen LogP contribution >= 0.6 is 0 Å².